The van der Waals surface area contributed by atoms with Gasteiger partial charge in [0.15, 0.2) is 0 Å². The van der Waals surface area contributed by atoms with E-state index in [0.29, 0.717) is 25.5 Å². The van der Waals surface area contributed by atoms with Crippen molar-refractivity contribution in [2.45, 2.75) is 122 Å². The fraction of sp³-hybridized carbons (Fsp3) is 0.500. The average Bonchev–Trinajstić information content (AvgIpc) is 3.02. The number of aryl methyl sites for hydroxylation is 1. The molecule has 0 saturated carbocycles. The lowest BCUT2D eigenvalue weighted by atomic mass is 9.86. The zero-order chi connectivity index (χ0) is 28.5. The van der Waals surface area contributed by atoms with E-state index in [1.165, 1.54) is 68.9 Å². The molecular formula is C38H51NO2. The van der Waals surface area contributed by atoms with E-state index in [1.807, 2.05) is 30.3 Å². The summed E-state index contributed by atoms with van der Waals surface area (Å²) in [6.07, 6.45) is 18.2. The van der Waals surface area contributed by atoms with E-state index < -0.39 is 0 Å². The number of benzene rings is 3. The van der Waals surface area contributed by atoms with Crippen LogP contribution in [-0.2, 0) is 24.4 Å². The smallest absolute Gasteiger partial charge is 0.223 e. The number of carbonyl (C=O) groups excluding carboxylic acids is 1. The zero-order valence-electron chi connectivity index (χ0n) is 25.4. The summed E-state index contributed by atoms with van der Waals surface area (Å²) in [7, 11) is 0. The summed E-state index contributed by atoms with van der Waals surface area (Å²) in [5.74, 6) is 1.16. The molecule has 1 atom stereocenters. The van der Waals surface area contributed by atoms with E-state index >= 15 is 0 Å². The molecule has 41 heavy (non-hydrogen) atoms. The monoisotopic (exact) mass is 553 g/mol. The van der Waals surface area contributed by atoms with Crippen LogP contribution in [0.1, 0.15) is 125 Å². The first-order valence-electron chi connectivity index (χ1n) is 16.4. The van der Waals surface area contributed by atoms with Gasteiger partial charge >= 0.3 is 0 Å². The predicted octanol–water partition coefficient (Wildman–Crippen LogP) is 10.4. The Labute approximate surface area is 249 Å². The maximum atomic E-state index is 13.7. The summed E-state index contributed by atoms with van der Waals surface area (Å²) < 4.78 is 6.00. The van der Waals surface area contributed by atoms with Crippen LogP contribution in [0.15, 0.2) is 78.9 Å². The van der Waals surface area contributed by atoms with Gasteiger partial charge in [-0.15, -0.1) is 0 Å². The quantitative estimate of drug-likeness (QED) is 0.147. The Morgan fingerprint density at radius 1 is 0.732 bits per heavy atom. The topological polar surface area (TPSA) is 29.5 Å². The molecule has 0 aliphatic heterocycles. The van der Waals surface area contributed by atoms with Crippen LogP contribution in [0.25, 0.3) is 0 Å². The van der Waals surface area contributed by atoms with Crippen LogP contribution in [0.2, 0.25) is 0 Å². The van der Waals surface area contributed by atoms with Gasteiger partial charge < -0.3 is 9.64 Å². The normalized spacial score (nSPS) is 14.4. The summed E-state index contributed by atoms with van der Waals surface area (Å²) in [5, 5.41) is 0. The molecule has 3 nitrogen and oxygen atoms in total. The maximum Gasteiger partial charge on any atom is 0.223 e. The highest BCUT2D eigenvalue weighted by Gasteiger charge is 2.29. The van der Waals surface area contributed by atoms with Crippen molar-refractivity contribution in [3.05, 3.63) is 101 Å². The highest BCUT2D eigenvalue weighted by molar-refractivity contribution is 5.77. The summed E-state index contributed by atoms with van der Waals surface area (Å²) in [6.45, 7) is 3.48. The second-order valence-corrected chi connectivity index (χ2v) is 11.8. The molecule has 3 heteroatoms. The van der Waals surface area contributed by atoms with E-state index in [4.69, 9.17) is 4.74 Å². The van der Waals surface area contributed by atoms with Crippen LogP contribution in [0.5, 0.6) is 5.75 Å². The van der Waals surface area contributed by atoms with Crippen LogP contribution in [0.4, 0.5) is 0 Å². The highest BCUT2D eigenvalue weighted by atomic mass is 16.5. The maximum absolute atomic E-state index is 13.7. The molecule has 0 heterocycles. The first kappa shape index (κ1) is 30.9. The van der Waals surface area contributed by atoms with E-state index in [1.54, 1.807) is 0 Å². The molecule has 3 aromatic rings. The van der Waals surface area contributed by atoms with Gasteiger partial charge in [0.2, 0.25) is 5.91 Å². The highest BCUT2D eigenvalue weighted by Crippen LogP contribution is 2.36. The van der Waals surface area contributed by atoms with Gasteiger partial charge in [0.1, 0.15) is 12.4 Å². The van der Waals surface area contributed by atoms with Crippen molar-refractivity contribution < 1.29 is 9.53 Å². The third-order valence-corrected chi connectivity index (χ3v) is 8.55. The number of unbranched alkanes of at least 4 members (excludes halogenated alkanes) is 10. The summed E-state index contributed by atoms with van der Waals surface area (Å²) in [6, 6.07) is 27.5. The summed E-state index contributed by atoms with van der Waals surface area (Å²) >= 11 is 0. The Bertz CT molecular complexity index is 1140. The van der Waals surface area contributed by atoms with Gasteiger partial charge in [0.25, 0.3) is 0 Å². The van der Waals surface area contributed by atoms with Gasteiger partial charge in [-0.05, 0) is 60.1 Å². The minimum absolute atomic E-state index is 0.161. The lowest BCUT2D eigenvalue weighted by Crippen LogP contribution is -2.36. The number of hydrogen-bond acceptors (Lipinski definition) is 2. The third-order valence-electron chi connectivity index (χ3n) is 8.55. The molecule has 1 aliphatic carbocycles. The fourth-order valence-electron chi connectivity index (χ4n) is 6.14. The Balaban J connectivity index is 1.30. The van der Waals surface area contributed by atoms with Crippen molar-refractivity contribution in [3.8, 4) is 5.75 Å². The molecule has 1 aliphatic rings. The van der Waals surface area contributed by atoms with Crippen LogP contribution in [0.3, 0.4) is 0 Å². The molecule has 0 N–H and O–H groups in total. The first-order valence-corrected chi connectivity index (χ1v) is 16.4. The van der Waals surface area contributed by atoms with Gasteiger partial charge in [0.05, 0.1) is 6.04 Å². The van der Waals surface area contributed by atoms with Crippen molar-refractivity contribution in [1.82, 2.24) is 4.90 Å². The van der Waals surface area contributed by atoms with Crippen LogP contribution < -0.4 is 4.74 Å². The number of carbonyl (C=O) groups is 1. The Kier molecular flexibility index (Phi) is 13.3. The largest absolute Gasteiger partial charge is 0.489 e. The molecule has 1 unspecified atom stereocenters. The molecule has 0 saturated heterocycles. The van der Waals surface area contributed by atoms with Gasteiger partial charge in [0, 0.05) is 13.0 Å². The Hall–Kier alpha value is -3.07. The van der Waals surface area contributed by atoms with Gasteiger partial charge in [-0.1, -0.05) is 138 Å². The first-order chi connectivity index (χ1) is 20.2. The number of rotatable bonds is 18. The Morgan fingerprint density at radius 3 is 2.07 bits per heavy atom. The van der Waals surface area contributed by atoms with Gasteiger partial charge in [-0.25, -0.2) is 0 Å². The number of hydrogen-bond donors (Lipinski definition) is 0. The standard InChI is InChI=1S/C38H51NO2/c1-2-3-4-5-6-7-8-9-10-11-15-25-38(40)39(37-24-18-22-34-21-16-17-23-36(34)37)30-32-26-28-35(29-27-32)41-31-33-19-13-12-14-20-33/h12-14,16-17,19-21,23,26-29,37H,2-11,15,18,22,24-25,30-31H2,1H3. The second-order valence-electron chi connectivity index (χ2n) is 11.8. The minimum Gasteiger partial charge on any atom is -0.489 e. The summed E-state index contributed by atoms with van der Waals surface area (Å²) in [5.41, 5.74) is 5.06. The number of ether oxygens (including phenoxy) is 1. The van der Waals surface area contributed by atoms with E-state index in [2.05, 4.69) is 60.4 Å². The molecule has 0 fully saturated rings. The zero-order valence-corrected chi connectivity index (χ0v) is 25.4. The average molecular weight is 554 g/mol. The molecule has 1 amide bonds. The SMILES string of the molecule is CCCCCCCCCCCCCC(=O)N(Cc1ccc(OCc2ccccc2)cc1)C1CCCc2ccccc21. The molecule has 220 valence electrons. The lowest BCUT2D eigenvalue weighted by molar-refractivity contribution is -0.135. The van der Waals surface area contributed by atoms with Crippen molar-refractivity contribution in [3.63, 3.8) is 0 Å². The molecule has 4 rings (SSSR count). The second kappa shape index (κ2) is 17.7. The molecule has 0 spiro atoms. The molecule has 0 aromatic heterocycles. The van der Waals surface area contributed by atoms with E-state index in [-0.39, 0.29) is 6.04 Å². The minimum atomic E-state index is 0.161. The van der Waals surface area contributed by atoms with Crippen LogP contribution >= 0.6 is 0 Å². The molecule has 0 radical (unpaired) electrons. The molecule has 3 aromatic carbocycles. The third kappa shape index (κ3) is 10.4. The van der Waals surface area contributed by atoms with Crippen LogP contribution in [-0.4, -0.2) is 10.8 Å². The van der Waals surface area contributed by atoms with Crippen molar-refractivity contribution in [2.24, 2.45) is 0 Å². The van der Waals surface area contributed by atoms with Gasteiger partial charge in [-0.3, -0.25) is 4.79 Å². The Morgan fingerprint density at radius 2 is 1.37 bits per heavy atom. The predicted molar refractivity (Wildman–Crippen MR) is 171 cm³/mol. The van der Waals surface area contributed by atoms with Crippen molar-refractivity contribution >= 4 is 5.91 Å². The van der Waals surface area contributed by atoms with E-state index in [0.717, 1.165) is 49.0 Å². The van der Waals surface area contributed by atoms with Crippen molar-refractivity contribution in [2.75, 3.05) is 0 Å². The number of fused-ring (bicyclic) bond motifs is 1. The van der Waals surface area contributed by atoms with Crippen LogP contribution in [0, 0.1) is 0 Å². The number of amides is 1. The summed E-state index contributed by atoms with van der Waals surface area (Å²) in [4.78, 5) is 15.9. The van der Waals surface area contributed by atoms with E-state index in [9.17, 15) is 4.79 Å². The lowest BCUT2D eigenvalue weighted by Gasteiger charge is -2.36. The molecular weight excluding hydrogens is 502 g/mol. The number of nitrogens with zero attached hydrogens (tertiary/aromatic N) is 1. The fourth-order valence-corrected chi connectivity index (χ4v) is 6.14. The molecule has 0 bridgehead atoms. The van der Waals surface area contributed by atoms with Gasteiger partial charge in [-0.2, -0.15) is 0 Å². The van der Waals surface area contributed by atoms with Crippen molar-refractivity contribution in [1.29, 1.82) is 0 Å².